The lowest BCUT2D eigenvalue weighted by Crippen LogP contribution is -2.46. The summed E-state index contributed by atoms with van der Waals surface area (Å²) in [7, 11) is 3.46. The van der Waals surface area contributed by atoms with Crippen LogP contribution >= 0.6 is 0 Å². The standard InChI is InChI=1S/C16H24N2O2/c1-17(2)15(19)12-16(20)8-10-18(11-9-16)13-14-6-4-3-5-7-14/h3-7,20H,8-13H2,1-2H3. The Morgan fingerprint density at radius 3 is 2.40 bits per heavy atom. The van der Waals surface area contributed by atoms with Gasteiger partial charge in [-0.3, -0.25) is 9.69 Å². The maximum atomic E-state index is 11.7. The molecule has 2 rings (SSSR count). The molecule has 1 aliphatic heterocycles. The normalized spacial score (nSPS) is 18.8. The molecule has 0 saturated carbocycles. The van der Waals surface area contributed by atoms with Crippen LogP contribution in [0, 0.1) is 0 Å². The minimum Gasteiger partial charge on any atom is -0.389 e. The van der Waals surface area contributed by atoms with Crippen molar-refractivity contribution in [3.63, 3.8) is 0 Å². The summed E-state index contributed by atoms with van der Waals surface area (Å²) >= 11 is 0. The van der Waals surface area contributed by atoms with Crippen LogP contribution in [-0.2, 0) is 11.3 Å². The fraction of sp³-hybridized carbons (Fsp3) is 0.562. The maximum Gasteiger partial charge on any atom is 0.224 e. The van der Waals surface area contributed by atoms with Gasteiger partial charge in [0.25, 0.3) is 0 Å². The van der Waals surface area contributed by atoms with E-state index in [9.17, 15) is 9.90 Å². The molecule has 1 saturated heterocycles. The third-order valence-electron chi connectivity index (χ3n) is 4.01. The molecule has 4 nitrogen and oxygen atoms in total. The number of likely N-dealkylation sites (tertiary alicyclic amines) is 1. The summed E-state index contributed by atoms with van der Waals surface area (Å²) in [6.07, 6.45) is 1.57. The van der Waals surface area contributed by atoms with Crippen LogP contribution in [0.15, 0.2) is 30.3 Å². The zero-order chi connectivity index (χ0) is 14.6. The lowest BCUT2D eigenvalue weighted by atomic mass is 9.87. The smallest absolute Gasteiger partial charge is 0.224 e. The molecule has 1 amide bonds. The quantitative estimate of drug-likeness (QED) is 0.906. The number of rotatable bonds is 4. The second kappa shape index (κ2) is 6.37. The molecule has 1 heterocycles. The Kier molecular flexibility index (Phi) is 4.78. The van der Waals surface area contributed by atoms with Gasteiger partial charge in [0.1, 0.15) is 0 Å². The van der Waals surface area contributed by atoms with Crippen molar-refractivity contribution >= 4 is 5.91 Å². The van der Waals surface area contributed by atoms with E-state index in [-0.39, 0.29) is 12.3 Å². The van der Waals surface area contributed by atoms with Crippen LogP contribution in [0.2, 0.25) is 0 Å². The first-order valence-corrected chi connectivity index (χ1v) is 7.17. The number of benzene rings is 1. The van der Waals surface area contributed by atoms with Gasteiger partial charge in [0.2, 0.25) is 5.91 Å². The third kappa shape index (κ3) is 4.05. The Morgan fingerprint density at radius 1 is 1.25 bits per heavy atom. The van der Waals surface area contributed by atoms with E-state index in [0.717, 1.165) is 19.6 Å². The third-order valence-corrected chi connectivity index (χ3v) is 4.01. The lowest BCUT2D eigenvalue weighted by Gasteiger charge is -2.38. The van der Waals surface area contributed by atoms with Gasteiger partial charge in [-0.1, -0.05) is 30.3 Å². The van der Waals surface area contributed by atoms with Gasteiger partial charge in [-0.2, -0.15) is 0 Å². The Morgan fingerprint density at radius 2 is 1.85 bits per heavy atom. The van der Waals surface area contributed by atoms with E-state index in [0.29, 0.717) is 12.8 Å². The number of hydrogen-bond acceptors (Lipinski definition) is 3. The van der Waals surface area contributed by atoms with Gasteiger partial charge in [0, 0.05) is 33.7 Å². The van der Waals surface area contributed by atoms with Gasteiger partial charge in [0.15, 0.2) is 0 Å². The predicted octanol–water partition coefficient (Wildman–Crippen LogP) is 1.49. The number of carbonyl (C=O) groups excluding carboxylic acids is 1. The van der Waals surface area contributed by atoms with Gasteiger partial charge in [-0.25, -0.2) is 0 Å². The van der Waals surface area contributed by atoms with Gasteiger partial charge in [-0.05, 0) is 18.4 Å². The molecule has 4 heteroatoms. The number of aliphatic hydroxyl groups is 1. The van der Waals surface area contributed by atoms with Crippen LogP contribution in [0.4, 0.5) is 0 Å². The number of hydrogen-bond donors (Lipinski definition) is 1. The number of nitrogens with zero attached hydrogens (tertiary/aromatic N) is 2. The molecule has 1 aromatic carbocycles. The monoisotopic (exact) mass is 276 g/mol. The number of piperidine rings is 1. The summed E-state index contributed by atoms with van der Waals surface area (Å²) in [5, 5.41) is 10.5. The highest BCUT2D eigenvalue weighted by Gasteiger charge is 2.34. The van der Waals surface area contributed by atoms with Gasteiger partial charge < -0.3 is 10.0 Å². The van der Waals surface area contributed by atoms with Crippen molar-refractivity contribution in [3.8, 4) is 0 Å². The first kappa shape index (κ1) is 15.0. The minimum atomic E-state index is -0.825. The second-order valence-corrected chi connectivity index (χ2v) is 5.95. The highest BCUT2D eigenvalue weighted by Crippen LogP contribution is 2.27. The molecule has 20 heavy (non-hydrogen) atoms. The summed E-state index contributed by atoms with van der Waals surface area (Å²) in [4.78, 5) is 15.6. The van der Waals surface area contributed by atoms with E-state index in [1.165, 1.54) is 5.56 Å². The highest BCUT2D eigenvalue weighted by molar-refractivity contribution is 5.76. The molecule has 1 N–H and O–H groups in total. The topological polar surface area (TPSA) is 43.8 Å². The molecule has 1 fully saturated rings. The van der Waals surface area contributed by atoms with Gasteiger partial charge >= 0.3 is 0 Å². The maximum absolute atomic E-state index is 11.7. The Bertz CT molecular complexity index is 437. The summed E-state index contributed by atoms with van der Waals surface area (Å²) < 4.78 is 0. The van der Waals surface area contributed by atoms with Crippen molar-refractivity contribution in [2.24, 2.45) is 0 Å². The summed E-state index contributed by atoms with van der Waals surface area (Å²) in [5.41, 5.74) is 0.469. The Labute approximate surface area is 121 Å². The first-order chi connectivity index (χ1) is 9.48. The van der Waals surface area contributed by atoms with Crippen molar-refractivity contribution in [2.45, 2.75) is 31.4 Å². The van der Waals surface area contributed by atoms with E-state index in [1.54, 1.807) is 19.0 Å². The van der Waals surface area contributed by atoms with E-state index < -0.39 is 5.60 Å². The van der Waals surface area contributed by atoms with E-state index in [4.69, 9.17) is 0 Å². The largest absolute Gasteiger partial charge is 0.389 e. The van der Waals surface area contributed by atoms with Crippen LogP contribution in [0.25, 0.3) is 0 Å². The molecule has 0 radical (unpaired) electrons. The molecule has 0 atom stereocenters. The van der Waals surface area contributed by atoms with Crippen molar-refractivity contribution in [2.75, 3.05) is 27.2 Å². The van der Waals surface area contributed by atoms with Crippen molar-refractivity contribution in [3.05, 3.63) is 35.9 Å². The zero-order valence-corrected chi connectivity index (χ0v) is 12.4. The first-order valence-electron chi connectivity index (χ1n) is 7.17. The Hall–Kier alpha value is -1.39. The molecule has 0 spiro atoms. The van der Waals surface area contributed by atoms with E-state index in [1.807, 2.05) is 18.2 Å². The van der Waals surface area contributed by atoms with E-state index >= 15 is 0 Å². The van der Waals surface area contributed by atoms with Crippen molar-refractivity contribution in [1.29, 1.82) is 0 Å². The average Bonchev–Trinajstić information content (AvgIpc) is 2.42. The molecule has 0 aromatic heterocycles. The van der Waals surface area contributed by atoms with Crippen LogP contribution in [0.5, 0.6) is 0 Å². The zero-order valence-electron chi connectivity index (χ0n) is 12.4. The minimum absolute atomic E-state index is 0.00371. The molecule has 1 aromatic rings. The fourth-order valence-corrected chi connectivity index (χ4v) is 2.59. The van der Waals surface area contributed by atoms with Crippen LogP contribution in [-0.4, -0.2) is 53.6 Å². The van der Waals surface area contributed by atoms with Gasteiger partial charge in [0.05, 0.1) is 12.0 Å². The van der Waals surface area contributed by atoms with Crippen molar-refractivity contribution in [1.82, 2.24) is 9.80 Å². The molecule has 0 unspecified atom stereocenters. The number of carbonyl (C=O) groups is 1. The summed E-state index contributed by atoms with van der Waals surface area (Å²) in [5.74, 6) is 0.00371. The van der Waals surface area contributed by atoms with Gasteiger partial charge in [-0.15, -0.1) is 0 Å². The van der Waals surface area contributed by atoms with Crippen LogP contribution in [0.3, 0.4) is 0 Å². The van der Waals surface area contributed by atoms with Crippen LogP contribution in [0.1, 0.15) is 24.8 Å². The highest BCUT2D eigenvalue weighted by atomic mass is 16.3. The molecular formula is C16H24N2O2. The molecule has 110 valence electrons. The fourth-order valence-electron chi connectivity index (χ4n) is 2.59. The van der Waals surface area contributed by atoms with Crippen molar-refractivity contribution < 1.29 is 9.90 Å². The molecular weight excluding hydrogens is 252 g/mol. The number of amides is 1. The predicted molar refractivity (Wildman–Crippen MR) is 79.2 cm³/mol. The van der Waals surface area contributed by atoms with E-state index in [2.05, 4.69) is 17.0 Å². The molecule has 0 bridgehead atoms. The SMILES string of the molecule is CN(C)C(=O)CC1(O)CCN(Cc2ccccc2)CC1. The average molecular weight is 276 g/mol. The summed E-state index contributed by atoms with van der Waals surface area (Å²) in [6.45, 7) is 2.59. The summed E-state index contributed by atoms with van der Waals surface area (Å²) in [6, 6.07) is 10.4. The molecule has 1 aliphatic rings. The second-order valence-electron chi connectivity index (χ2n) is 5.95. The Balaban J connectivity index is 1.84. The molecule has 0 aliphatic carbocycles. The lowest BCUT2D eigenvalue weighted by molar-refractivity contribution is -0.136. The van der Waals surface area contributed by atoms with Crippen LogP contribution < -0.4 is 0 Å².